The maximum atomic E-state index is 11.2. The second-order valence-corrected chi connectivity index (χ2v) is 4.65. The van der Waals surface area contributed by atoms with Crippen molar-refractivity contribution in [2.75, 3.05) is 12.4 Å². The van der Waals surface area contributed by atoms with Gasteiger partial charge in [0.25, 0.3) is 0 Å². The van der Waals surface area contributed by atoms with Crippen LogP contribution in [-0.2, 0) is 17.9 Å². The Bertz CT molecular complexity index is 597. The standard InChI is InChI=1S/C16H19N3O2/c1-12(20)19-15-6-4-3-5-14(15)11-17-9-13-7-8-16(21-2)18-10-13/h3-8,10,17H,9,11H2,1-2H3,(H,19,20). The number of hydrogen-bond donors (Lipinski definition) is 2. The minimum absolute atomic E-state index is 0.0678. The van der Waals surface area contributed by atoms with Crippen LogP contribution in [0.25, 0.3) is 0 Å². The van der Waals surface area contributed by atoms with Crippen LogP contribution in [0.3, 0.4) is 0 Å². The highest BCUT2D eigenvalue weighted by atomic mass is 16.5. The van der Waals surface area contributed by atoms with E-state index in [0.717, 1.165) is 16.8 Å². The Morgan fingerprint density at radius 3 is 2.67 bits per heavy atom. The third-order valence-corrected chi connectivity index (χ3v) is 2.98. The Hall–Kier alpha value is -2.40. The van der Waals surface area contributed by atoms with Crippen LogP contribution >= 0.6 is 0 Å². The van der Waals surface area contributed by atoms with Crippen molar-refractivity contribution in [2.24, 2.45) is 0 Å². The van der Waals surface area contributed by atoms with Gasteiger partial charge in [0, 0.05) is 38.0 Å². The lowest BCUT2D eigenvalue weighted by atomic mass is 10.1. The molecular weight excluding hydrogens is 266 g/mol. The van der Waals surface area contributed by atoms with Crippen molar-refractivity contribution in [3.63, 3.8) is 0 Å². The number of ether oxygens (including phenoxy) is 1. The second-order valence-electron chi connectivity index (χ2n) is 4.65. The molecule has 5 heteroatoms. The number of methoxy groups -OCH3 is 1. The van der Waals surface area contributed by atoms with E-state index in [1.54, 1.807) is 13.3 Å². The first-order valence-corrected chi connectivity index (χ1v) is 6.74. The zero-order valence-corrected chi connectivity index (χ0v) is 12.2. The molecule has 1 heterocycles. The third kappa shape index (κ3) is 4.57. The second kappa shape index (κ2) is 7.40. The molecule has 0 saturated heterocycles. The van der Waals surface area contributed by atoms with E-state index >= 15 is 0 Å². The molecule has 2 aromatic rings. The average Bonchev–Trinajstić information content (AvgIpc) is 2.49. The minimum atomic E-state index is -0.0678. The van der Waals surface area contributed by atoms with Crippen LogP contribution in [-0.4, -0.2) is 18.0 Å². The summed E-state index contributed by atoms with van der Waals surface area (Å²) in [5.41, 5.74) is 2.97. The molecule has 0 atom stereocenters. The fraction of sp³-hybridized carbons (Fsp3) is 0.250. The summed E-state index contributed by atoms with van der Waals surface area (Å²) < 4.78 is 5.02. The molecule has 0 saturated carbocycles. The maximum Gasteiger partial charge on any atom is 0.221 e. The number of rotatable bonds is 6. The van der Waals surface area contributed by atoms with Gasteiger partial charge in [0.2, 0.25) is 11.8 Å². The molecule has 0 aliphatic carbocycles. The molecule has 5 nitrogen and oxygen atoms in total. The lowest BCUT2D eigenvalue weighted by Crippen LogP contribution is -2.15. The number of nitrogens with one attached hydrogen (secondary N) is 2. The van der Waals surface area contributed by atoms with Gasteiger partial charge in [0.15, 0.2) is 0 Å². The van der Waals surface area contributed by atoms with Crippen molar-refractivity contribution in [1.29, 1.82) is 0 Å². The van der Waals surface area contributed by atoms with E-state index in [1.165, 1.54) is 6.92 Å². The molecule has 0 radical (unpaired) electrons. The smallest absolute Gasteiger partial charge is 0.221 e. The molecule has 0 aliphatic heterocycles. The van der Waals surface area contributed by atoms with Gasteiger partial charge >= 0.3 is 0 Å². The van der Waals surface area contributed by atoms with E-state index < -0.39 is 0 Å². The van der Waals surface area contributed by atoms with Gasteiger partial charge in [-0.3, -0.25) is 4.79 Å². The fourth-order valence-corrected chi connectivity index (χ4v) is 1.96. The van der Waals surface area contributed by atoms with E-state index in [2.05, 4.69) is 15.6 Å². The molecule has 0 fully saturated rings. The van der Waals surface area contributed by atoms with E-state index in [0.29, 0.717) is 19.0 Å². The molecule has 2 rings (SSSR count). The number of aromatic nitrogens is 1. The molecular formula is C16H19N3O2. The highest BCUT2D eigenvalue weighted by molar-refractivity contribution is 5.89. The Balaban J connectivity index is 1.92. The van der Waals surface area contributed by atoms with Gasteiger partial charge in [0.05, 0.1) is 7.11 Å². The molecule has 21 heavy (non-hydrogen) atoms. The van der Waals surface area contributed by atoms with E-state index in [9.17, 15) is 4.79 Å². The van der Waals surface area contributed by atoms with Gasteiger partial charge in [-0.2, -0.15) is 0 Å². The van der Waals surface area contributed by atoms with Crippen LogP contribution in [0.1, 0.15) is 18.1 Å². The van der Waals surface area contributed by atoms with Crippen molar-refractivity contribution in [3.05, 3.63) is 53.7 Å². The average molecular weight is 285 g/mol. The first-order valence-electron chi connectivity index (χ1n) is 6.74. The SMILES string of the molecule is COc1ccc(CNCc2ccccc2NC(C)=O)cn1. The molecule has 0 bridgehead atoms. The number of pyridine rings is 1. The normalized spacial score (nSPS) is 10.2. The summed E-state index contributed by atoms with van der Waals surface area (Å²) in [5, 5.41) is 6.17. The predicted octanol–water partition coefficient (Wildman–Crippen LogP) is 2.34. The fourth-order valence-electron chi connectivity index (χ4n) is 1.96. The lowest BCUT2D eigenvalue weighted by molar-refractivity contribution is -0.114. The quantitative estimate of drug-likeness (QED) is 0.855. The molecule has 1 amide bonds. The molecule has 1 aromatic heterocycles. The highest BCUT2D eigenvalue weighted by Crippen LogP contribution is 2.15. The molecule has 0 spiro atoms. The number of anilines is 1. The minimum Gasteiger partial charge on any atom is -0.481 e. The molecule has 0 aliphatic rings. The lowest BCUT2D eigenvalue weighted by Gasteiger charge is -2.11. The Morgan fingerprint density at radius 1 is 1.19 bits per heavy atom. The number of carbonyl (C=O) groups excluding carboxylic acids is 1. The van der Waals surface area contributed by atoms with Gasteiger partial charge in [-0.15, -0.1) is 0 Å². The predicted molar refractivity (Wildman–Crippen MR) is 82.1 cm³/mol. The largest absolute Gasteiger partial charge is 0.481 e. The Labute approximate surface area is 124 Å². The van der Waals surface area contributed by atoms with Crippen molar-refractivity contribution in [1.82, 2.24) is 10.3 Å². The van der Waals surface area contributed by atoms with Crippen molar-refractivity contribution >= 4 is 11.6 Å². The van der Waals surface area contributed by atoms with Crippen molar-refractivity contribution in [2.45, 2.75) is 20.0 Å². The number of carbonyl (C=O) groups is 1. The van der Waals surface area contributed by atoms with E-state index in [4.69, 9.17) is 4.74 Å². The zero-order chi connectivity index (χ0) is 15.1. The Morgan fingerprint density at radius 2 is 2.00 bits per heavy atom. The van der Waals surface area contributed by atoms with Crippen LogP contribution in [0.4, 0.5) is 5.69 Å². The number of nitrogens with zero attached hydrogens (tertiary/aromatic N) is 1. The van der Waals surface area contributed by atoms with Gasteiger partial charge in [-0.05, 0) is 17.2 Å². The van der Waals surface area contributed by atoms with E-state index in [-0.39, 0.29) is 5.91 Å². The summed E-state index contributed by atoms with van der Waals surface area (Å²) in [4.78, 5) is 15.3. The summed E-state index contributed by atoms with van der Waals surface area (Å²) in [6, 6.07) is 11.6. The number of para-hydroxylation sites is 1. The number of amides is 1. The number of hydrogen-bond acceptors (Lipinski definition) is 4. The summed E-state index contributed by atoms with van der Waals surface area (Å²) >= 11 is 0. The molecule has 1 aromatic carbocycles. The van der Waals surface area contributed by atoms with Crippen molar-refractivity contribution in [3.8, 4) is 5.88 Å². The van der Waals surface area contributed by atoms with Crippen LogP contribution in [0.2, 0.25) is 0 Å². The Kier molecular flexibility index (Phi) is 5.29. The van der Waals surface area contributed by atoms with Crippen LogP contribution in [0.5, 0.6) is 5.88 Å². The molecule has 0 unspecified atom stereocenters. The maximum absolute atomic E-state index is 11.2. The van der Waals surface area contributed by atoms with E-state index in [1.807, 2.05) is 36.4 Å². The topological polar surface area (TPSA) is 63.2 Å². The van der Waals surface area contributed by atoms with Gasteiger partial charge < -0.3 is 15.4 Å². The van der Waals surface area contributed by atoms with Crippen LogP contribution < -0.4 is 15.4 Å². The monoisotopic (exact) mass is 285 g/mol. The summed E-state index contributed by atoms with van der Waals surface area (Å²) in [7, 11) is 1.60. The highest BCUT2D eigenvalue weighted by Gasteiger charge is 2.03. The van der Waals surface area contributed by atoms with Gasteiger partial charge in [0.1, 0.15) is 0 Å². The first kappa shape index (κ1) is 15.0. The van der Waals surface area contributed by atoms with Crippen LogP contribution in [0.15, 0.2) is 42.6 Å². The summed E-state index contributed by atoms with van der Waals surface area (Å²) in [5.74, 6) is 0.538. The van der Waals surface area contributed by atoms with Crippen LogP contribution in [0, 0.1) is 0 Å². The zero-order valence-electron chi connectivity index (χ0n) is 12.2. The first-order chi connectivity index (χ1) is 10.2. The summed E-state index contributed by atoms with van der Waals surface area (Å²) in [6.07, 6.45) is 1.78. The van der Waals surface area contributed by atoms with Gasteiger partial charge in [-0.1, -0.05) is 24.3 Å². The van der Waals surface area contributed by atoms with Gasteiger partial charge in [-0.25, -0.2) is 4.98 Å². The summed E-state index contributed by atoms with van der Waals surface area (Å²) in [6.45, 7) is 2.88. The third-order valence-electron chi connectivity index (χ3n) is 2.98. The van der Waals surface area contributed by atoms with Crippen molar-refractivity contribution < 1.29 is 9.53 Å². The number of benzene rings is 1. The molecule has 2 N–H and O–H groups in total. The molecule has 110 valence electrons.